The number of aromatic nitrogens is 2. The number of rotatable bonds is 6. The molecule has 0 aliphatic heterocycles. The molecular weight excluding hydrogens is 447 g/mol. The lowest BCUT2D eigenvalue weighted by Crippen LogP contribution is -2.22. The average molecular weight is 463 g/mol. The van der Waals surface area contributed by atoms with Gasteiger partial charge in [0, 0.05) is 16.5 Å². The van der Waals surface area contributed by atoms with Gasteiger partial charge in [0.05, 0.1) is 23.1 Å². The third kappa shape index (κ3) is 3.79. The van der Waals surface area contributed by atoms with Gasteiger partial charge >= 0.3 is 0 Å². The minimum atomic E-state index is -0.399. The molecule has 2 aromatic carbocycles. The van der Waals surface area contributed by atoms with Crippen LogP contribution in [0.25, 0.3) is 27.2 Å². The lowest BCUT2D eigenvalue weighted by Gasteiger charge is -2.12. The highest BCUT2D eigenvalue weighted by Crippen LogP contribution is 2.33. The number of ketones is 1. The Morgan fingerprint density at radius 1 is 1.06 bits per heavy atom. The highest BCUT2D eigenvalue weighted by atomic mass is 32.2. The fraction of sp³-hybridized carbons (Fsp3) is 0.0417. The summed E-state index contributed by atoms with van der Waals surface area (Å²) in [6.45, 7) is 0. The van der Waals surface area contributed by atoms with Crippen molar-refractivity contribution in [2.24, 2.45) is 0 Å². The summed E-state index contributed by atoms with van der Waals surface area (Å²) in [4.78, 5) is 31.5. The third-order valence-electron chi connectivity index (χ3n) is 4.88. The minimum absolute atomic E-state index is 0.0623. The molecule has 0 spiro atoms. The van der Waals surface area contributed by atoms with Crippen LogP contribution in [0.2, 0.25) is 0 Å². The summed E-state index contributed by atoms with van der Waals surface area (Å²) in [5, 5.41) is 2.74. The summed E-state index contributed by atoms with van der Waals surface area (Å²) in [7, 11) is 0. The van der Waals surface area contributed by atoms with Crippen LogP contribution in [0.5, 0.6) is 0 Å². The standard InChI is InChI=1S/C24H15FN2O3S2/c25-16-10-8-15(9-11-16)19(28)14-32-24-26-22-21(18(13-31-22)20-7-4-12-30-20)23(29)27(24)17-5-2-1-3-6-17/h1-13H,14H2. The number of halogens is 1. The number of Topliss-reactive ketones (excluding diaryl/α,β-unsaturated/α-hetero) is 1. The summed E-state index contributed by atoms with van der Waals surface area (Å²) >= 11 is 2.53. The Labute approximate surface area is 190 Å². The van der Waals surface area contributed by atoms with Crippen LogP contribution in [0, 0.1) is 5.82 Å². The zero-order valence-electron chi connectivity index (χ0n) is 16.5. The molecule has 5 nitrogen and oxygen atoms in total. The first kappa shape index (κ1) is 20.4. The van der Waals surface area contributed by atoms with Crippen LogP contribution in [0.4, 0.5) is 4.39 Å². The second-order valence-electron chi connectivity index (χ2n) is 6.90. The van der Waals surface area contributed by atoms with Gasteiger partial charge in [-0.15, -0.1) is 11.3 Å². The molecule has 3 heterocycles. The molecule has 0 aliphatic rings. The van der Waals surface area contributed by atoms with Gasteiger partial charge in [0.1, 0.15) is 16.4 Å². The van der Waals surface area contributed by atoms with Gasteiger partial charge in [-0.3, -0.25) is 14.2 Å². The number of carbonyl (C=O) groups excluding carboxylic acids is 1. The maximum atomic E-state index is 13.6. The molecule has 0 fully saturated rings. The van der Waals surface area contributed by atoms with E-state index in [4.69, 9.17) is 9.40 Å². The summed E-state index contributed by atoms with van der Waals surface area (Å²) in [6.07, 6.45) is 1.56. The smallest absolute Gasteiger partial charge is 0.268 e. The molecule has 32 heavy (non-hydrogen) atoms. The maximum Gasteiger partial charge on any atom is 0.268 e. The van der Waals surface area contributed by atoms with Crippen LogP contribution in [0.3, 0.4) is 0 Å². The Morgan fingerprint density at radius 3 is 2.56 bits per heavy atom. The molecule has 0 atom stereocenters. The van der Waals surface area contributed by atoms with Crippen molar-refractivity contribution in [3.05, 3.63) is 100 Å². The van der Waals surface area contributed by atoms with Crippen molar-refractivity contribution in [1.82, 2.24) is 9.55 Å². The number of hydrogen-bond acceptors (Lipinski definition) is 6. The van der Waals surface area contributed by atoms with E-state index in [-0.39, 0.29) is 17.1 Å². The molecule has 0 bridgehead atoms. The van der Waals surface area contributed by atoms with E-state index < -0.39 is 5.82 Å². The molecule has 158 valence electrons. The number of nitrogens with zero attached hydrogens (tertiary/aromatic N) is 2. The monoisotopic (exact) mass is 462 g/mol. The molecule has 0 N–H and O–H groups in total. The first-order valence-corrected chi connectivity index (χ1v) is 11.5. The Hall–Kier alpha value is -3.49. The second kappa shape index (κ2) is 8.57. The Bertz CT molecular complexity index is 1460. The van der Waals surface area contributed by atoms with Crippen LogP contribution in [-0.4, -0.2) is 21.1 Å². The van der Waals surface area contributed by atoms with Gasteiger partial charge in [-0.1, -0.05) is 30.0 Å². The van der Waals surface area contributed by atoms with Crippen molar-refractivity contribution in [3.8, 4) is 17.0 Å². The number of hydrogen-bond donors (Lipinski definition) is 0. The molecule has 8 heteroatoms. The molecular formula is C24H15FN2O3S2. The third-order valence-corrected chi connectivity index (χ3v) is 6.69. The van der Waals surface area contributed by atoms with Gasteiger partial charge in [-0.2, -0.15) is 0 Å². The number of furan rings is 1. The predicted molar refractivity (Wildman–Crippen MR) is 124 cm³/mol. The van der Waals surface area contributed by atoms with Crippen LogP contribution in [0.15, 0.2) is 92.7 Å². The Morgan fingerprint density at radius 2 is 1.84 bits per heavy atom. The zero-order valence-corrected chi connectivity index (χ0v) is 18.2. The number of benzene rings is 2. The second-order valence-corrected chi connectivity index (χ2v) is 8.70. The van der Waals surface area contributed by atoms with Crippen molar-refractivity contribution < 1.29 is 13.6 Å². The molecule has 0 aliphatic carbocycles. The Balaban J connectivity index is 1.59. The summed E-state index contributed by atoms with van der Waals surface area (Å²) < 4.78 is 20.2. The van der Waals surface area contributed by atoms with E-state index >= 15 is 0 Å². The lowest BCUT2D eigenvalue weighted by atomic mass is 10.1. The van der Waals surface area contributed by atoms with E-state index in [1.807, 2.05) is 35.7 Å². The predicted octanol–water partition coefficient (Wildman–Crippen LogP) is 5.82. The van der Waals surface area contributed by atoms with Gasteiger partial charge in [0.15, 0.2) is 10.9 Å². The number of thioether (sulfide) groups is 1. The van der Waals surface area contributed by atoms with Crippen LogP contribution in [-0.2, 0) is 0 Å². The van der Waals surface area contributed by atoms with Crippen molar-refractivity contribution in [3.63, 3.8) is 0 Å². The SMILES string of the molecule is O=C(CSc1nc2scc(-c3ccco3)c2c(=O)n1-c1ccccc1)c1ccc(F)cc1. The summed E-state index contributed by atoms with van der Waals surface area (Å²) in [6, 6.07) is 18.2. The summed E-state index contributed by atoms with van der Waals surface area (Å²) in [5.41, 5.74) is 1.52. The van der Waals surface area contributed by atoms with E-state index in [2.05, 4.69) is 0 Å². The normalized spacial score (nSPS) is 11.2. The molecule has 0 amide bonds. The average Bonchev–Trinajstić information content (AvgIpc) is 3.48. The van der Waals surface area contributed by atoms with Crippen molar-refractivity contribution in [1.29, 1.82) is 0 Å². The van der Waals surface area contributed by atoms with Gasteiger partial charge in [0.2, 0.25) is 0 Å². The zero-order chi connectivity index (χ0) is 22.1. The Kier molecular flexibility index (Phi) is 5.46. The van der Waals surface area contributed by atoms with Gasteiger partial charge in [-0.25, -0.2) is 9.37 Å². The van der Waals surface area contributed by atoms with Crippen LogP contribution < -0.4 is 5.56 Å². The molecule has 5 aromatic rings. The number of thiophene rings is 1. The number of fused-ring (bicyclic) bond motifs is 1. The molecule has 0 radical (unpaired) electrons. The number of para-hydroxylation sites is 1. The fourth-order valence-corrected chi connectivity index (χ4v) is 5.21. The number of carbonyl (C=O) groups is 1. The minimum Gasteiger partial charge on any atom is -0.464 e. The molecule has 0 unspecified atom stereocenters. The topological polar surface area (TPSA) is 65.1 Å². The quantitative estimate of drug-likeness (QED) is 0.181. The van der Waals surface area contributed by atoms with E-state index in [1.54, 1.807) is 18.4 Å². The first-order valence-electron chi connectivity index (χ1n) is 9.67. The van der Waals surface area contributed by atoms with Crippen LogP contribution in [0.1, 0.15) is 10.4 Å². The fourth-order valence-electron chi connectivity index (χ4n) is 3.34. The maximum absolute atomic E-state index is 13.6. The van der Waals surface area contributed by atoms with Crippen molar-refractivity contribution in [2.45, 2.75) is 5.16 Å². The van der Waals surface area contributed by atoms with Gasteiger partial charge in [0.25, 0.3) is 5.56 Å². The molecule has 0 saturated heterocycles. The first-order chi connectivity index (χ1) is 15.6. The van der Waals surface area contributed by atoms with Gasteiger partial charge in [-0.05, 0) is 48.5 Å². The van der Waals surface area contributed by atoms with E-state index in [1.165, 1.54) is 51.9 Å². The highest BCUT2D eigenvalue weighted by Gasteiger charge is 2.20. The highest BCUT2D eigenvalue weighted by molar-refractivity contribution is 7.99. The molecule has 0 saturated carbocycles. The van der Waals surface area contributed by atoms with Crippen molar-refractivity contribution in [2.75, 3.05) is 5.75 Å². The van der Waals surface area contributed by atoms with Crippen LogP contribution >= 0.6 is 23.1 Å². The van der Waals surface area contributed by atoms with Crippen molar-refractivity contribution >= 4 is 39.1 Å². The van der Waals surface area contributed by atoms with E-state index in [9.17, 15) is 14.0 Å². The largest absolute Gasteiger partial charge is 0.464 e. The molecule has 3 aromatic heterocycles. The van der Waals surface area contributed by atoms with Gasteiger partial charge < -0.3 is 4.42 Å². The van der Waals surface area contributed by atoms with E-state index in [0.717, 1.165) is 0 Å². The lowest BCUT2D eigenvalue weighted by molar-refractivity contribution is 0.102. The molecule has 5 rings (SSSR count). The summed E-state index contributed by atoms with van der Waals surface area (Å²) in [5.74, 6) is 0.0877. The van der Waals surface area contributed by atoms with E-state index in [0.29, 0.717) is 37.9 Å².